The van der Waals surface area contributed by atoms with Crippen LogP contribution in [0.4, 0.5) is 17.2 Å². The smallest absolute Gasteiger partial charge is 0.228 e. The van der Waals surface area contributed by atoms with Crippen LogP contribution in [-0.4, -0.2) is 26.5 Å². The van der Waals surface area contributed by atoms with Gasteiger partial charge < -0.3 is 10.6 Å². The molecule has 0 bridgehead atoms. The molecule has 1 aromatic carbocycles. The van der Waals surface area contributed by atoms with Gasteiger partial charge in [0.05, 0.1) is 17.7 Å². The molecule has 2 heterocycles. The lowest BCUT2D eigenvalue weighted by Gasteiger charge is -2.13. The molecule has 0 aliphatic heterocycles. The highest BCUT2D eigenvalue weighted by atomic mass is 127. The summed E-state index contributed by atoms with van der Waals surface area (Å²) >= 11 is 10.1. The number of carbonyl (C=O) groups is 1. The zero-order valence-corrected chi connectivity index (χ0v) is 19.9. The zero-order valence-electron chi connectivity index (χ0n) is 15.2. The van der Waals surface area contributed by atoms with Crippen LogP contribution in [0.5, 0.6) is 0 Å². The van der Waals surface area contributed by atoms with E-state index in [-0.39, 0.29) is 11.8 Å². The highest BCUT2D eigenvalue weighted by Gasteiger charge is 2.30. The van der Waals surface area contributed by atoms with Gasteiger partial charge in [-0.15, -0.1) is 11.8 Å². The fourth-order valence-corrected chi connectivity index (χ4v) is 5.87. The predicted octanol–water partition coefficient (Wildman–Crippen LogP) is 6.00. The van der Waals surface area contributed by atoms with Gasteiger partial charge >= 0.3 is 0 Å². The molecule has 1 unspecified atom stereocenters. The Morgan fingerprint density at radius 1 is 1.32 bits per heavy atom. The van der Waals surface area contributed by atoms with Crippen LogP contribution >= 0.6 is 51.8 Å². The Morgan fingerprint density at radius 2 is 2.11 bits per heavy atom. The fourth-order valence-electron chi connectivity index (χ4n) is 2.90. The van der Waals surface area contributed by atoms with E-state index in [1.54, 1.807) is 11.8 Å². The first kappa shape index (κ1) is 20.2. The van der Waals surface area contributed by atoms with E-state index < -0.39 is 0 Å². The third-order valence-corrected chi connectivity index (χ3v) is 7.66. The van der Waals surface area contributed by atoms with E-state index in [2.05, 4.69) is 42.0 Å². The molecule has 1 aliphatic carbocycles. The van der Waals surface area contributed by atoms with Gasteiger partial charge in [-0.3, -0.25) is 9.13 Å². The van der Waals surface area contributed by atoms with E-state index in [4.69, 9.17) is 16.6 Å². The summed E-state index contributed by atoms with van der Waals surface area (Å²) in [6.07, 6.45) is 4.38. The van der Waals surface area contributed by atoms with Gasteiger partial charge in [-0.05, 0) is 66.3 Å². The normalized spacial score (nSPS) is 14.1. The number of rotatable bonds is 6. The number of amides is 1. The second kappa shape index (κ2) is 8.34. The Kier molecular flexibility index (Phi) is 6.01. The predicted molar refractivity (Wildman–Crippen MR) is 128 cm³/mol. The van der Waals surface area contributed by atoms with Crippen LogP contribution in [0.25, 0.3) is 11.2 Å². The van der Waals surface area contributed by atoms with E-state index in [0.29, 0.717) is 17.2 Å². The van der Waals surface area contributed by atoms with E-state index in [9.17, 15) is 4.79 Å². The molecule has 1 fully saturated rings. The maximum Gasteiger partial charge on any atom is 0.228 e. The van der Waals surface area contributed by atoms with Crippen molar-refractivity contribution in [3.63, 3.8) is 0 Å². The van der Waals surface area contributed by atoms with E-state index in [0.717, 1.165) is 46.1 Å². The Bertz CT molecular complexity index is 1070. The number of anilines is 3. The van der Waals surface area contributed by atoms with Crippen LogP contribution in [0.3, 0.4) is 0 Å². The Morgan fingerprint density at radius 3 is 2.79 bits per heavy atom. The molecule has 146 valence electrons. The monoisotopic (exact) mass is 545 g/mol. The number of pyridine rings is 1. The van der Waals surface area contributed by atoms with E-state index in [1.807, 2.05) is 37.4 Å². The molecule has 0 spiro atoms. The molecule has 0 radical (unpaired) electrons. The number of nitrogens with zero attached hydrogens (tertiary/aromatic N) is 3. The van der Waals surface area contributed by atoms with Crippen LogP contribution in [0.2, 0.25) is 5.02 Å². The van der Waals surface area contributed by atoms with Gasteiger partial charge in [0.25, 0.3) is 0 Å². The molecule has 6 nitrogen and oxygen atoms in total. The summed E-state index contributed by atoms with van der Waals surface area (Å²) in [7, 11) is 0. The lowest BCUT2D eigenvalue weighted by Crippen LogP contribution is -2.14. The summed E-state index contributed by atoms with van der Waals surface area (Å²) in [5.74, 6) is 1.59. The summed E-state index contributed by atoms with van der Waals surface area (Å²) < 4.78 is 2.06. The quantitative estimate of drug-likeness (QED) is 0.226. The van der Waals surface area contributed by atoms with Crippen molar-refractivity contribution in [2.45, 2.75) is 24.7 Å². The molecular weight excluding hydrogens is 528 g/mol. The molecule has 1 aliphatic rings. The van der Waals surface area contributed by atoms with Crippen LogP contribution in [0, 0.1) is 12.8 Å². The molecule has 3 aromatic rings. The van der Waals surface area contributed by atoms with E-state index in [1.165, 1.54) is 0 Å². The SMILES string of the molecule is CSc1cc(Cl)ccc1Nc1cc(NC(=O)C2CC2)nc2c1nc(C)n2PI. The first-order valence-corrected chi connectivity index (χ1v) is 14.3. The summed E-state index contributed by atoms with van der Waals surface area (Å²) in [4.78, 5) is 22.7. The molecule has 1 saturated carbocycles. The van der Waals surface area contributed by atoms with Gasteiger partial charge in [-0.1, -0.05) is 11.6 Å². The van der Waals surface area contributed by atoms with Gasteiger partial charge in [-0.2, -0.15) is 0 Å². The standard InChI is InChI=1S/C18H18ClIN5OPS/c1-9-21-16-13(22-12-6-5-11(19)7-14(12)28-2)8-15(23-17(16)25(9)27-20)24-18(26)10-3-4-10/h5-8,10,27H,3-4H2,1-2H3,(H2,22,23,24,26). The molecular formula is C18H18ClIN5OPS. The zero-order chi connectivity index (χ0) is 19.8. The lowest BCUT2D eigenvalue weighted by molar-refractivity contribution is -0.117. The van der Waals surface area contributed by atoms with E-state index >= 15 is 0 Å². The molecule has 2 aromatic heterocycles. The van der Waals surface area contributed by atoms with Gasteiger partial charge in [-0.25, -0.2) is 9.97 Å². The number of aryl methyl sites for hydroxylation is 1. The van der Waals surface area contributed by atoms with Crippen molar-refractivity contribution in [3.8, 4) is 0 Å². The average molecular weight is 546 g/mol. The number of thioether (sulfide) groups is 1. The number of hydrogen-bond donors (Lipinski definition) is 2. The Hall–Kier alpha value is -1.09. The molecule has 10 heteroatoms. The second-order valence-electron chi connectivity index (χ2n) is 6.54. The summed E-state index contributed by atoms with van der Waals surface area (Å²) in [6, 6.07) is 7.59. The summed E-state index contributed by atoms with van der Waals surface area (Å²) in [6.45, 7) is 1.97. The van der Waals surface area contributed by atoms with Gasteiger partial charge in [0, 0.05) is 21.9 Å². The maximum atomic E-state index is 12.3. The van der Waals surface area contributed by atoms with Crippen molar-refractivity contribution in [3.05, 3.63) is 35.1 Å². The minimum absolute atomic E-state index is 0.0359. The number of halogens is 2. The number of benzene rings is 1. The number of fused-ring (bicyclic) bond motifs is 1. The van der Waals surface area contributed by atoms with Crippen LogP contribution < -0.4 is 10.6 Å². The van der Waals surface area contributed by atoms with Crippen molar-refractivity contribution in [2.24, 2.45) is 5.92 Å². The first-order chi connectivity index (χ1) is 13.5. The molecule has 4 rings (SSSR count). The summed E-state index contributed by atoms with van der Waals surface area (Å²) in [5.41, 5.74) is 3.30. The highest BCUT2D eigenvalue weighted by molar-refractivity contribution is 14.2. The van der Waals surface area contributed by atoms with Crippen molar-refractivity contribution in [1.82, 2.24) is 14.3 Å². The van der Waals surface area contributed by atoms with Crippen LogP contribution in [0.15, 0.2) is 29.2 Å². The van der Waals surface area contributed by atoms with Crippen molar-refractivity contribution < 1.29 is 4.79 Å². The number of carbonyl (C=O) groups excluding carboxylic acids is 1. The molecule has 0 saturated heterocycles. The Balaban J connectivity index is 1.80. The Labute approximate surface area is 186 Å². The molecule has 1 atom stereocenters. The van der Waals surface area contributed by atoms with Crippen LogP contribution in [-0.2, 0) is 4.79 Å². The number of imidazole rings is 1. The second-order valence-corrected chi connectivity index (χ2v) is 9.89. The summed E-state index contributed by atoms with van der Waals surface area (Å²) in [5, 5.41) is 7.13. The molecule has 2 N–H and O–H groups in total. The topological polar surface area (TPSA) is 71.8 Å². The number of aromatic nitrogens is 3. The van der Waals surface area contributed by atoms with Gasteiger partial charge in [0.2, 0.25) is 5.91 Å². The number of hydrogen-bond acceptors (Lipinski definition) is 5. The van der Waals surface area contributed by atoms with Crippen molar-refractivity contribution in [1.29, 1.82) is 0 Å². The van der Waals surface area contributed by atoms with Crippen LogP contribution in [0.1, 0.15) is 18.7 Å². The third kappa shape index (κ3) is 4.10. The minimum atomic E-state index is 0.0359. The van der Waals surface area contributed by atoms with Gasteiger partial charge in [0.1, 0.15) is 17.2 Å². The average Bonchev–Trinajstić information content (AvgIpc) is 3.47. The van der Waals surface area contributed by atoms with Gasteiger partial charge in [0.15, 0.2) is 5.65 Å². The first-order valence-electron chi connectivity index (χ1n) is 8.68. The lowest BCUT2D eigenvalue weighted by atomic mass is 10.2. The molecule has 1 amide bonds. The van der Waals surface area contributed by atoms with Crippen molar-refractivity contribution in [2.75, 3.05) is 16.9 Å². The number of nitrogens with one attached hydrogen (secondary N) is 2. The molecule has 28 heavy (non-hydrogen) atoms. The minimum Gasteiger partial charge on any atom is -0.353 e. The van der Waals surface area contributed by atoms with Crippen molar-refractivity contribution >= 4 is 86.0 Å². The maximum absolute atomic E-state index is 12.3. The fraction of sp³-hybridized carbons (Fsp3) is 0.278. The largest absolute Gasteiger partial charge is 0.353 e. The third-order valence-electron chi connectivity index (χ3n) is 4.50. The highest BCUT2D eigenvalue weighted by Crippen LogP contribution is 2.38.